The monoisotopic (exact) mass is 518 g/mol. The Hall–Kier alpha value is -1.89. The minimum Gasteiger partial charge on any atom is -0.480 e. The van der Waals surface area contributed by atoms with Crippen molar-refractivity contribution in [2.75, 3.05) is 25.1 Å². The average molecular weight is 519 g/mol. The molecule has 0 spiro atoms. The van der Waals surface area contributed by atoms with Gasteiger partial charge in [0.2, 0.25) is 17.7 Å². The van der Waals surface area contributed by atoms with E-state index in [9.17, 15) is 24.3 Å². The first kappa shape index (κ1) is 33.1. The number of aliphatic carboxylic acids is 1. The van der Waals surface area contributed by atoms with Gasteiger partial charge in [-0.25, -0.2) is 4.79 Å². The number of rotatable bonds is 20. The third-order valence-electron chi connectivity index (χ3n) is 5.45. The minimum atomic E-state index is -1.15. The Bertz CT molecular complexity index is 652. The molecule has 0 aliphatic heterocycles. The SMILES string of the molecule is CSCC[C@H](N)C(=O)N[C@@H](CC(C)C)C(=O)N[C@@H](CCCCN)C(=O)N[C@@H](CCCCN)C(=O)O. The van der Waals surface area contributed by atoms with Gasteiger partial charge in [-0.05, 0) is 82.4 Å². The third-order valence-corrected chi connectivity index (χ3v) is 6.10. The standard InChI is InChI=1S/C23H46N6O5S/c1-15(2)14-19(29-20(30)16(26)10-13-35-3)22(32)27-17(8-4-6-11-24)21(31)28-18(23(33)34)9-5-7-12-25/h15-19H,4-14,24-26H2,1-3H3,(H,27,32)(H,28,31)(H,29,30)(H,33,34)/t16-,17-,18-,19-/m0/s1. The van der Waals surface area contributed by atoms with Gasteiger partial charge in [0, 0.05) is 0 Å². The maximum atomic E-state index is 13.1. The summed E-state index contributed by atoms with van der Waals surface area (Å²) >= 11 is 1.58. The highest BCUT2D eigenvalue weighted by molar-refractivity contribution is 7.98. The van der Waals surface area contributed by atoms with Crippen molar-refractivity contribution < 1.29 is 24.3 Å². The van der Waals surface area contributed by atoms with Gasteiger partial charge in [-0.2, -0.15) is 11.8 Å². The van der Waals surface area contributed by atoms with Gasteiger partial charge in [-0.15, -0.1) is 0 Å². The fourth-order valence-electron chi connectivity index (χ4n) is 3.41. The first-order valence-electron chi connectivity index (χ1n) is 12.4. The first-order valence-corrected chi connectivity index (χ1v) is 13.7. The molecular weight excluding hydrogens is 472 g/mol. The quantitative estimate of drug-likeness (QED) is 0.107. The topological polar surface area (TPSA) is 203 Å². The number of hydrogen-bond acceptors (Lipinski definition) is 8. The zero-order valence-electron chi connectivity index (χ0n) is 21.4. The third kappa shape index (κ3) is 15.0. The molecule has 0 radical (unpaired) electrons. The maximum absolute atomic E-state index is 13.1. The molecule has 3 amide bonds. The lowest BCUT2D eigenvalue weighted by atomic mass is 10.0. The van der Waals surface area contributed by atoms with Crippen LogP contribution in [-0.2, 0) is 19.2 Å². The Morgan fingerprint density at radius 1 is 0.771 bits per heavy atom. The van der Waals surface area contributed by atoms with Crippen LogP contribution < -0.4 is 33.2 Å². The molecule has 0 aromatic rings. The minimum absolute atomic E-state index is 0.0944. The molecule has 11 nitrogen and oxygen atoms in total. The Morgan fingerprint density at radius 2 is 1.26 bits per heavy atom. The molecule has 4 atom stereocenters. The molecule has 0 saturated heterocycles. The van der Waals surface area contributed by atoms with Crippen LogP contribution in [0.3, 0.4) is 0 Å². The molecular formula is C23H46N6O5S. The molecule has 0 saturated carbocycles. The maximum Gasteiger partial charge on any atom is 0.326 e. The Labute approximate surface area is 213 Å². The smallest absolute Gasteiger partial charge is 0.326 e. The molecule has 0 heterocycles. The van der Waals surface area contributed by atoms with Crippen molar-refractivity contribution in [2.24, 2.45) is 23.1 Å². The summed E-state index contributed by atoms with van der Waals surface area (Å²) in [6.07, 6.45) is 5.71. The van der Waals surface area contributed by atoms with Crippen LogP contribution in [0.2, 0.25) is 0 Å². The average Bonchev–Trinajstić information content (AvgIpc) is 2.80. The molecule has 0 bridgehead atoms. The summed E-state index contributed by atoms with van der Waals surface area (Å²) in [5.41, 5.74) is 17.0. The van der Waals surface area contributed by atoms with Crippen LogP contribution in [0, 0.1) is 5.92 Å². The summed E-state index contributed by atoms with van der Waals surface area (Å²) in [4.78, 5) is 50.2. The van der Waals surface area contributed by atoms with Gasteiger partial charge in [0.05, 0.1) is 6.04 Å². The molecule has 12 heteroatoms. The number of carbonyl (C=O) groups is 4. The van der Waals surface area contributed by atoms with Crippen molar-refractivity contribution in [1.29, 1.82) is 0 Å². The Kier molecular flexibility index (Phi) is 18.3. The van der Waals surface area contributed by atoms with Crippen molar-refractivity contribution in [3.05, 3.63) is 0 Å². The van der Waals surface area contributed by atoms with Crippen LogP contribution in [-0.4, -0.2) is 78.1 Å². The number of nitrogens with two attached hydrogens (primary N) is 3. The number of carboxylic acid groups (broad SMARTS) is 1. The molecule has 0 fully saturated rings. The van der Waals surface area contributed by atoms with Crippen molar-refractivity contribution in [1.82, 2.24) is 16.0 Å². The van der Waals surface area contributed by atoms with E-state index in [1.54, 1.807) is 11.8 Å². The highest BCUT2D eigenvalue weighted by Gasteiger charge is 2.30. The number of carbonyl (C=O) groups excluding carboxylic acids is 3. The largest absolute Gasteiger partial charge is 0.480 e. The van der Waals surface area contributed by atoms with Crippen LogP contribution >= 0.6 is 11.8 Å². The Balaban J connectivity index is 5.43. The molecule has 204 valence electrons. The van der Waals surface area contributed by atoms with E-state index in [2.05, 4.69) is 16.0 Å². The molecule has 10 N–H and O–H groups in total. The first-order chi connectivity index (χ1) is 16.6. The fourth-order valence-corrected chi connectivity index (χ4v) is 3.90. The highest BCUT2D eigenvalue weighted by Crippen LogP contribution is 2.09. The van der Waals surface area contributed by atoms with E-state index < -0.39 is 47.9 Å². The van der Waals surface area contributed by atoms with Crippen LogP contribution in [0.25, 0.3) is 0 Å². The lowest BCUT2D eigenvalue weighted by Gasteiger charge is -2.26. The second-order valence-corrected chi connectivity index (χ2v) is 10.1. The zero-order chi connectivity index (χ0) is 26.8. The number of thioether (sulfide) groups is 1. The fraction of sp³-hybridized carbons (Fsp3) is 0.826. The van der Waals surface area contributed by atoms with Gasteiger partial charge in [0.1, 0.15) is 18.1 Å². The molecule has 0 aromatic carbocycles. The van der Waals surface area contributed by atoms with Gasteiger partial charge < -0.3 is 38.3 Å². The van der Waals surface area contributed by atoms with E-state index >= 15 is 0 Å². The summed E-state index contributed by atoms with van der Waals surface area (Å²) in [5.74, 6) is -1.85. The van der Waals surface area contributed by atoms with Gasteiger partial charge in [0.25, 0.3) is 0 Å². The number of unbranched alkanes of at least 4 members (excludes halogenated alkanes) is 2. The van der Waals surface area contributed by atoms with E-state index in [-0.39, 0.29) is 12.3 Å². The number of nitrogens with one attached hydrogen (secondary N) is 3. The van der Waals surface area contributed by atoms with E-state index in [0.717, 1.165) is 5.75 Å². The summed E-state index contributed by atoms with van der Waals surface area (Å²) in [6.45, 7) is 4.70. The molecule has 0 aliphatic rings. The van der Waals surface area contributed by atoms with Crippen molar-refractivity contribution in [3.63, 3.8) is 0 Å². The second-order valence-electron chi connectivity index (χ2n) is 9.11. The van der Waals surface area contributed by atoms with Crippen molar-refractivity contribution >= 4 is 35.5 Å². The van der Waals surface area contributed by atoms with Gasteiger partial charge in [0.15, 0.2) is 0 Å². The van der Waals surface area contributed by atoms with Crippen LogP contribution in [0.1, 0.15) is 65.2 Å². The van der Waals surface area contributed by atoms with E-state index in [0.29, 0.717) is 58.0 Å². The Morgan fingerprint density at radius 3 is 1.74 bits per heavy atom. The number of hydrogen-bond donors (Lipinski definition) is 7. The summed E-state index contributed by atoms with van der Waals surface area (Å²) in [7, 11) is 0. The normalized spacial score (nSPS) is 14.6. The lowest BCUT2D eigenvalue weighted by molar-refractivity contribution is -0.142. The summed E-state index contributed by atoms with van der Waals surface area (Å²) < 4.78 is 0. The van der Waals surface area contributed by atoms with E-state index in [1.807, 2.05) is 20.1 Å². The number of carboxylic acids is 1. The van der Waals surface area contributed by atoms with E-state index in [1.165, 1.54) is 0 Å². The molecule has 0 unspecified atom stereocenters. The predicted octanol–water partition coefficient (Wildman–Crippen LogP) is -0.0901. The highest BCUT2D eigenvalue weighted by atomic mass is 32.2. The van der Waals surface area contributed by atoms with Crippen LogP contribution in [0.4, 0.5) is 0 Å². The molecule has 0 rings (SSSR count). The van der Waals surface area contributed by atoms with Crippen molar-refractivity contribution in [3.8, 4) is 0 Å². The lowest BCUT2D eigenvalue weighted by Crippen LogP contribution is -2.57. The van der Waals surface area contributed by atoms with Crippen LogP contribution in [0.5, 0.6) is 0 Å². The van der Waals surface area contributed by atoms with Crippen LogP contribution in [0.15, 0.2) is 0 Å². The zero-order valence-corrected chi connectivity index (χ0v) is 22.2. The summed E-state index contributed by atoms with van der Waals surface area (Å²) in [6, 6.07) is -3.64. The van der Waals surface area contributed by atoms with Gasteiger partial charge in [-0.1, -0.05) is 13.8 Å². The number of amides is 3. The summed E-state index contributed by atoms with van der Waals surface area (Å²) in [5, 5.41) is 17.5. The van der Waals surface area contributed by atoms with Crippen molar-refractivity contribution in [2.45, 2.75) is 89.4 Å². The van der Waals surface area contributed by atoms with Gasteiger partial charge >= 0.3 is 5.97 Å². The molecule has 0 aliphatic carbocycles. The van der Waals surface area contributed by atoms with Gasteiger partial charge in [-0.3, -0.25) is 14.4 Å². The second kappa shape index (κ2) is 19.3. The molecule has 35 heavy (non-hydrogen) atoms. The van der Waals surface area contributed by atoms with E-state index in [4.69, 9.17) is 17.2 Å². The molecule has 0 aromatic heterocycles. The predicted molar refractivity (Wildman–Crippen MR) is 140 cm³/mol.